The van der Waals surface area contributed by atoms with Gasteiger partial charge in [-0.1, -0.05) is 19.3 Å². The largest absolute Gasteiger partial charge is 0.326 e. The van der Waals surface area contributed by atoms with Gasteiger partial charge in [-0.05, 0) is 18.8 Å². The molecule has 1 aliphatic carbocycles. The zero-order valence-corrected chi connectivity index (χ0v) is 7.51. The van der Waals surface area contributed by atoms with Crippen LogP contribution in [0.5, 0.6) is 0 Å². The zero-order chi connectivity index (χ0) is 9.26. The fourth-order valence-electron chi connectivity index (χ4n) is 2.23. The molecule has 0 aromatic rings. The summed E-state index contributed by atoms with van der Waals surface area (Å²) in [5, 5.41) is 4.95. The Morgan fingerprint density at radius 3 is 2.31 bits per heavy atom. The Labute approximate surface area is 77.1 Å². The summed E-state index contributed by atoms with van der Waals surface area (Å²) in [6.07, 6.45) is 5.77. The van der Waals surface area contributed by atoms with Crippen LogP contribution in [-0.4, -0.2) is 18.0 Å². The molecule has 1 aliphatic heterocycles. The third kappa shape index (κ3) is 1.66. The van der Waals surface area contributed by atoms with Crippen LogP contribution < -0.4 is 10.6 Å². The standard InChI is InChI=1S/C9H14N2O2/c12-8-7(10-9(13)11-8)6-4-2-1-3-5-6/h6-7H,1-5H2,(H2,10,11,12,13). The van der Waals surface area contributed by atoms with Crippen molar-refractivity contribution >= 4 is 11.9 Å². The van der Waals surface area contributed by atoms with E-state index in [1.807, 2.05) is 0 Å². The first-order chi connectivity index (χ1) is 6.27. The molecule has 2 fully saturated rings. The number of amides is 3. The van der Waals surface area contributed by atoms with Gasteiger partial charge in [-0.3, -0.25) is 10.1 Å². The Kier molecular flexibility index (Phi) is 2.20. The second-order valence-corrected chi connectivity index (χ2v) is 3.84. The summed E-state index contributed by atoms with van der Waals surface area (Å²) in [6.45, 7) is 0. The monoisotopic (exact) mass is 182 g/mol. The van der Waals surface area contributed by atoms with Gasteiger partial charge in [-0.2, -0.15) is 0 Å². The van der Waals surface area contributed by atoms with Crippen LogP contribution in [0.25, 0.3) is 0 Å². The molecule has 2 rings (SSSR count). The van der Waals surface area contributed by atoms with Gasteiger partial charge in [0.1, 0.15) is 6.04 Å². The molecule has 72 valence electrons. The van der Waals surface area contributed by atoms with Crippen molar-refractivity contribution in [2.24, 2.45) is 5.92 Å². The highest BCUT2D eigenvalue weighted by molar-refractivity contribution is 6.04. The lowest BCUT2D eigenvalue weighted by Gasteiger charge is -2.24. The van der Waals surface area contributed by atoms with E-state index < -0.39 is 0 Å². The third-order valence-corrected chi connectivity index (χ3v) is 2.93. The molecular weight excluding hydrogens is 168 g/mol. The van der Waals surface area contributed by atoms with Gasteiger partial charge in [0.15, 0.2) is 0 Å². The van der Waals surface area contributed by atoms with E-state index in [4.69, 9.17) is 0 Å². The normalized spacial score (nSPS) is 30.0. The van der Waals surface area contributed by atoms with Gasteiger partial charge in [0.2, 0.25) is 0 Å². The molecule has 4 heteroatoms. The van der Waals surface area contributed by atoms with Gasteiger partial charge in [0.25, 0.3) is 5.91 Å². The minimum atomic E-state index is -0.333. The van der Waals surface area contributed by atoms with Crippen molar-refractivity contribution in [2.75, 3.05) is 0 Å². The summed E-state index contributed by atoms with van der Waals surface area (Å²) in [6, 6.07) is -0.589. The second kappa shape index (κ2) is 3.36. The van der Waals surface area contributed by atoms with Gasteiger partial charge in [0.05, 0.1) is 0 Å². The fourth-order valence-corrected chi connectivity index (χ4v) is 2.23. The van der Waals surface area contributed by atoms with Crippen LogP contribution in [0.4, 0.5) is 4.79 Å². The Balaban J connectivity index is 1.99. The smallest absolute Gasteiger partial charge is 0.322 e. The first-order valence-corrected chi connectivity index (χ1v) is 4.89. The van der Waals surface area contributed by atoms with Gasteiger partial charge in [-0.15, -0.1) is 0 Å². The first kappa shape index (κ1) is 8.53. The predicted octanol–water partition coefficient (Wildman–Crippen LogP) is 0.775. The minimum Gasteiger partial charge on any atom is -0.326 e. The second-order valence-electron chi connectivity index (χ2n) is 3.84. The molecule has 0 radical (unpaired) electrons. The van der Waals surface area contributed by atoms with E-state index in [-0.39, 0.29) is 18.0 Å². The van der Waals surface area contributed by atoms with Crippen molar-refractivity contribution in [1.82, 2.24) is 10.6 Å². The van der Waals surface area contributed by atoms with Crippen LogP contribution in [-0.2, 0) is 4.79 Å². The molecule has 1 heterocycles. The highest BCUT2D eigenvalue weighted by Crippen LogP contribution is 2.27. The topological polar surface area (TPSA) is 58.2 Å². The van der Waals surface area contributed by atoms with Gasteiger partial charge in [-0.25, -0.2) is 4.79 Å². The average molecular weight is 182 g/mol. The van der Waals surface area contributed by atoms with Crippen molar-refractivity contribution in [3.63, 3.8) is 0 Å². The molecule has 0 bridgehead atoms. The van der Waals surface area contributed by atoms with Crippen molar-refractivity contribution in [3.8, 4) is 0 Å². The molecule has 0 spiro atoms. The predicted molar refractivity (Wildman–Crippen MR) is 47.0 cm³/mol. The summed E-state index contributed by atoms with van der Waals surface area (Å²) >= 11 is 0. The number of hydrogen-bond acceptors (Lipinski definition) is 2. The van der Waals surface area contributed by atoms with Crippen molar-refractivity contribution in [3.05, 3.63) is 0 Å². The number of carbonyl (C=O) groups is 2. The Hall–Kier alpha value is -1.06. The molecule has 2 aliphatic rings. The summed E-state index contributed by atoms with van der Waals surface area (Å²) < 4.78 is 0. The van der Waals surface area contributed by atoms with Gasteiger partial charge >= 0.3 is 6.03 Å². The molecule has 13 heavy (non-hydrogen) atoms. The van der Waals surface area contributed by atoms with E-state index in [0.717, 1.165) is 12.8 Å². The quantitative estimate of drug-likeness (QED) is 0.588. The van der Waals surface area contributed by atoms with E-state index in [1.54, 1.807) is 0 Å². The SMILES string of the molecule is O=C1NC(=O)C(C2CCCCC2)N1. The lowest BCUT2D eigenvalue weighted by atomic mass is 9.84. The lowest BCUT2D eigenvalue weighted by molar-refractivity contribution is -0.121. The number of nitrogens with one attached hydrogen (secondary N) is 2. The highest BCUT2D eigenvalue weighted by Gasteiger charge is 2.36. The van der Waals surface area contributed by atoms with E-state index in [0.29, 0.717) is 5.92 Å². The Morgan fingerprint density at radius 1 is 1.08 bits per heavy atom. The Morgan fingerprint density at radius 2 is 1.77 bits per heavy atom. The lowest BCUT2D eigenvalue weighted by Crippen LogP contribution is -2.37. The molecular formula is C9H14N2O2. The molecule has 1 unspecified atom stereocenters. The maximum absolute atomic E-state index is 11.3. The minimum absolute atomic E-state index is 0.142. The zero-order valence-electron chi connectivity index (χ0n) is 7.51. The third-order valence-electron chi connectivity index (χ3n) is 2.93. The number of carbonyl (C=O) groups excluding carboxylic acids is 2. The maximum Gasteiger partial charge on any atom is 0.322 e. The van der Waals surface area contributed by atoms with E-state index in [1.165, 1.54) is 19.3 Å². The van der Waals surface area contributed by atoms with E-state index in [2.05, 4.69) is 10.6 Å². The van der Waals surface area contributed by atoms with Crippen LogP contribution in [0.2, 0.25) is 0 Å². The molecule has 0 aromatic carbocycles. The van der Waals surface area contributed by atoms with Crippen LogP contribution >= 0.6 is 0 Å². The van der Waals surface area contributed by atoms with Crippen LogP contribution in [0, 0.1) is 5.92 Å². The summed E-state index contributed by atoms with van der Waals surface area (Å²) in [4.78, 5) is 22.2. The highest BCUT2D eigenvalue weighted by atomic mass is 16.2. The van der Waals surface area contributed by atoms with E-state index >= 15 is 0 Å². The van der Waals surface area contributed by atoms with Crippen molar-refractivity contribution < 1.29 is 9.59 Å². The molecule has 1 saturated carbocycles. The first-order valence-electron chi connectivity index (χ1n) is 4.89. The molecule has 2 N–H and O–H groups in total. The number of imide groups is 1. The summed E-state index contributed by atoms with van der Waals surface area (Å²) in [5.41, 5.74) is 0. The molecule has 1 atom stereocenters. The molecule has 3 amide bonds. The van der Waals surface area contributed by atoms with Crippen molar-refractivity contribution in [1.29, 1.82) is 0 Å². The number of urea groups is 1. The van der Waals surface area contributed by atoms with Crippen LogP contribution in [0.15, 0.2) is 0 Å². The Bertz CT molecular complexity index is 234. The molecule has 4 nitrogen and oxygen atoms in total. The fraction of sp³-hybridized carbons (Fsp3) is 0.778. The maximum atomic E-state index is 11.3. The molecule has 0 aromatic heterocycles. The van der Waals surface area contributed by atoms with Crippen LogP contribution in [0.3, 0.4) is 0 Å². The van der Waals surface area contributed by atoms with E-state index in [9.17, 15) is 9.59 Å². The average Bonchev–Trinajstić information content (AvgIpc) is 2.47. The van der Waals surface area contributed by atoms with Crippen LogP contribution in [0.1, 0.15) is 32.1 Å². The summed E-state index contributed by atoms with van der Waals surface area (Å²) in [7, 11) is 0. The molecule has 1 saturated heterocycles. The van der Waals surface area contributed by atoms with Gasteiger partial charge < -0.3 is 5.32 Å². The number of rotatable bonds is 1. The van der Waals surface area contributed by atoms with Gasteiger partial charge in [0, 0.05) is 0 Å². The van der Waals surface area contributed by atoms with Crippen molar-refractivity contribution in [2.45, 2.75) is 38.1 Å². The number of hydrogen-bond donors (Lipinski definition) is 2. The summed E-state index contributed by atoms with van der Waals surface area (Å²) in [5.74, 6) is 0.220.